The molecule has 0 bridgehead atoms. The Balaban J connectivity index is 2.37. The van der Waals surface area contributed by atoms with Gasteiger partial charge in [-0.3, -0.25) is 0 Å². The van der Waals surface area contributed by atoms with Gasteiger partial charge in [-0.05, 0) is 31.0 Å². The van der Waals surface area contributed by atoms with E-state index in [1.807, 2.05) is 6.92 Å². The second-order valence-electron chi connectivity index (χ2n) is 5.62. The van der Waals surface area contributed by atoms with Crippen molar-refractivity contribution < 1.29 is 19.1 Å². The van der Waals surface area contributed by atoms with Crippen molar-refractivity contribution in [1.29, 1.82) is 0 Å². The molecule has 1 aromatic carbocycles. The van der Waals surface area contributed by atoms with Gasteiger partial charge in [0, 0.05) is 0 Å². The van der Waals surface area contributed by atoms with Crippen LogP contribution in [-0.2, 0) is 9.47 Å². The van der Waals surface area contributed by atoms with Gasteiger partial charge in [-0.25, -0.2) is 9.59 Å². The van der Waals surface area contributed by atoms with Crippen LogP contribution in [0, 0.1) is 0 Å². The van der Waals surface area contributed by atoms with E-state index in [9.17, 15) is 9.59 Å². The number of esters is 2. The summed E-state index contributed by atoms with van der Waals surface area (Å²) in [5.74, 6) is -0.791. The molecule has 0 atom stereocenters. The average Bonchev–Trinajstić information content (AvgIpc) is 2.58. The lowest BCUT2D eigenvalue weighted by atomic mass is 10.1. The van der Waals surface area contributed by atoms with Crippen LogP contribution in [0.1, 0.15) is 79.5 Å². The molecule has 0 aromatic heterocycles. The fourth-order valence-electron chi connectivity index (χ4n) is 2.18. The number of carbonyl (C=O) groups excluding carboxylic acids is 2. The van der Waals surface area contributed by atoms with Gasteiger partial charge in [0.2, 0.25) is 0 Å². The highest BCUT2D eigenvalue weighted by molar-refractivity contribution is 5.95. The molecule has 0 unspecified atom stereocenters. The molecular weight excluding hydrogens is 292 g/mol. The highest BCUT2D eigenvalue weighted by Crippen LogP contribution is 2.10. The van der Waals surface area contributed by atoms with Gasteiger partial charge in [-0.1, -0.05) is 52.0 Å². The van der Waals surface area contributed by atoms with E-state index in [0.717, 1.165) is 19.3 Å². The quantitative estimate of drug-likeness (QED) is 0.435. The molecule has 0 aliphatic heterocycles. The first-order valence-electron chi connectivity index (χ1n) is 8.63. The van der Waals surface area contributed by atoms with Crippen molar-refractivity contribution in [2.75, 3.05) is 13.2 Å². The van der Waals surface area contributed by atoms with Crippen LogP contribution in [0.15, 0.2) is 24.3 Å². The Kier molecular flexibility index (Phi) is 9.76. The number of benzene rings is 1. The molecule has 0 heterocycles. The largest absolute Gasteiger partial charge is 0.462 e. The molecule has 128 valence electrons. The maximum atomic E-state index is 12.0. The summed E-state index contributed by atoms with van der Waals surface area (Å²) in [7, 11) is 0. The Hall–Kier alpha value is -1.84. The zero-order chi connectivity index (χ0) is 16.9. The smallest absolute Gasteiger partial charge is 0.338 e. The van der Waals surface area contributed by atoms with Crippen molar-refractivity contribution in [2.24, 2.45) is 0 Å². The summed E-state index contributed by atoms with van der Waals surface area (Å²) in [5, 5.41) is 0. The highest BCUT2D eigenvalue weighted by atomic mass is 16.5. The number of rotatable bonds is 11. The van der Waals surface area contributed by atoms with Gasteiger partial charge in [0.15, 0.2) is 0 Å². The van der Waals surface area contributed by atoms with E-state index in [4.69, 9.17) is 9.47 Å². The SMILES string of the molecule is CCCCCCCCOC(=O)c1cccc(C(=O)OCCC)c1. The van der Waals surface area contributed by atoms with Crippen LogP contribution in [0.3, 0.4) is 0 Å². The van der Waals surface area contributed by atoms with Crippen molar-refractivity contribution in [3.8, 4) is 0 Å². The number of ether oxygens (including phenoxy) is 2. The second-order valence-corrected chi connectivity index (χ2v) is 5.62. The molecule has 0 amide bonds. The number of hydrogen-bond acceptors (Lipinski definition) is 4. The van der Waals surface area contributed by atoms with Crippen LogP contribution in [0.4, 0.5) is 0 Å². The zero-order valence-electron chi connectivity index (χ0n) is 14.3. The van der Waals surface area contributed by atoms with Crippen molar-refractivity contribution >= 4 is 11.9 Å². The van der Waals surface area contributed by atoms with Gasteiger partial charge in [-0.15, -0.1) is 0 Å². The van der Waals surface area contributed by atoms with E-state index in [0.29, 0.717) is 24.3 Å². The maximum absolute atomic E-state index is 12.0. The van der Waals surface area contributed by atoms with Gasteiger partial charge < -0.3 is 9.47 Å². The molecule has 4 heteroatoms. The Bertz CT molecular complexity index is 482. The third kappa shape index (κ3) is 7.82. The first kappa shape index (κ1) is 19.2. The van der Waals surface area contributed by atoms with Gasteiger partial charge in [-0.2, -0.15) is 0 Å². The highest BCUT2D eigenvalue weighted by Gasteiger charge is 2.12. The van der Waals surface area contributed by atoms with Crippen molar-refractivity contribution in [1.82, 2.24) is 0 Å². The third-order valence-electron chi connectivity index (χ3n) is 3.50. The molecule has 4 nitrogen and oxygen atoms in total. The van der Waals surface area contributed by atoms with Gasteiger partial charge >= 0.3 is 11.9 Å². The molecule has 1 aromatic rings. The Morgan fingerprint density at radius 1 is 0.783 bits per heavy atom. The molecule has 0 N–H and O–H groups in total. The van der Waals surface area contributed by atoms with Crippen molar-refractivity contribution in [2.45, 2.75) is 58.8 Å². The standard InChI is InChI=1S/C19H28O4/c1-3-5-6-7-8-9-14-23-19(21)17-12-10-11-16(15-17)18(20)22-13-4-2/h10-12,15H,3-9,13-14H2,1-2H3. The van der Waals surface area contributed by atoms with Gasteiger partial charge in [0.25, 0.3) is 0 Å². The summed E-state index contributed by atoms with van der Waals surface area (Å²) < 4.78 is 10.3. The molecule has 0 aliphatic rings. The summed E-state index contributed by atoms with van der Waals surface area (Å²) in [6.07, 6.45) is 7.65. The monoisotopic (exact) mass is 320 g/mol. The molecule has 0 saturated heterocycles. The third-order valence-corrected chi connectivity index (χ3v) is 3.50. The molecule has 0 saturated carbocycles. The topological polar surface area (TPSA) is 52.6 Å². The van der Waals surface area contributed by atoms with Crippen LogP contribution < -0.4 is 0 Å². The van der Waals surface area contributed by atoms with E-state index < -0.39 is 5.97 Å². The first-order valence-corrected chi connectivity index (χ1v) is 8.63. The summed E-state index contributed by atoms with van der Waals surface area (Å²) in [4.78, 5) is 23.8. The van der Waals surface area contributed by atoms with E-state index >= 15 is 0 Å². The first-order chi connectivity index (χ1) is 11.2. The summed E-state index contributed by atoms with van der Waals surface area (Å²) in [5.41, 5.74) is 0.773. The summed E-state index contributed by atoms with van der Waals surface area (Å²) in [6, 6.07) is 6.49. The van der Waals surface area contributed by atoms with Crippen LogP contribution in [0.5, 0.6) is 0 Å². The van der Waals surface area contributed by atoms with Gasteiger partial charge in [0.1, 0.15) is 0 Å². The molecule has 1 rings (SSSR count). The minimum atomic E-state index is -0.405. The Morgan fingerprint density at radius 2 is 1.35 bits per heavy atom. The molecule has 23 heavy (non-hydrogen) atoms. The normalized spacial score (nSPS) is 10.3. The van der Waals surface area contributed by atoms with Crippen molar-refractivity contribution in [3.63, 3.8) is 0 Å². The van der Waals surface area contributed by atoms with Crippen molar-refractivity contribution in [3.05, 3.63) is 35.4 Å². The molecule has 0 spiro atoms. The lowest BCUT2D eigenvalue weighted by Gasteiger charge is -2.07. The summed E-state index contributed by atoms with van der Waals surface area (Å²) >= 11 is 0. The van der Waals surface area contributed by atoms with Crippen LogP contribution >= 0.6 is 0 Å². The minimum absolute atomic E-state index is 0.380. The molecular formula is C19H28O4. The van der Waals surface area contributed by atoms with E-state index in [-0.39, 0.29) is 5.97 Å². The van der Waals surface area contributed by atoms with Crippen LogP contribution in [-0.4, -0.2) is 25.2 Å². The number of hydrogen-bond donors (Lipinski definition) is 0. The number of carbonyl (C=O) groups is 2. The van der Waals surface area contributed by atoms with Gasteiger partial charge in [0.05, 0.1) is 24.3 Å². The lowest BCUT2D eigenvalue weighted by molar-refractivity contribution is 0.0497. The predicted octanol–water partition coefficient (Wildman–Crippen LogP) is 4.77. The second kappa shape index (κ2) is 11.7. The molecule has 0 radical (unpaired) electrons. The molecule has 0 fully saturated rings. The van der Waals surface area contributed by atoms with Crippen LogP contribution in [0.25, 0.3) is 0 Å². The fraction of sp³-hybridized carbons (Fsp3) is 0.579. The Morgan fingerprint density at radius 3 is 1.96 bits per heavy atom. The summed E-state index contributed by atoms with van der Waals surface area (Å²) in [6.45, 7) is 4.93. The minimum Gasteiger partial charge on any atom is -0.462 e. The van der Waals surface area contributed by atoms with E-state index in [1.165, 1.54) is 31.7 Å². The van der Waals surface area contributed by atoms with E-state index in [1.54, 1.807) is 18.2 Å². The lowest BCUT2D eigenvalue weighted by Crippen LogP contribution is -2.10. The number of unbranched alkanes of at least 4 members (excludes halogenated alkanes) is 5. The predicted molar refractivity (Wildman–Crippen MR) is 90.7 cm³/mol. The van der Waals surface area contributed by atoms with Crippen LogP contribution in [0.2, 0.25) is 0 Å². The average molecular weight is 320 g/mol. The zero-order valence-corrected chi connectivity index (χ0v) is 14.3. The fourth-order valence-corrected chi connectivity index (χ4v) is 2.18. The Labute approximate surface area is 139 Å². The maximum Gasteiger partial charge on any atom is 0.338 e. The van der Waals surface area contributed by atoms with E-state index in [2.05, 4.69) is 6.92 Å². The molecule has 0 aliphatic carbocycles.